The molecule has 1 aromatic carbocycles. The number of carbonyl (C=O) groups is 2. The number of aromatic nitrogens is 1. The van der Waals surface area contributed by atoms with Gasteiger partial charge in [-0.2, -0.15) is 0 Å². The van der Waals surface area contributed by atoms with Crippen LogP contribution in [0.2, 0.25) is 0 Å². The third-order valence-electron chi connectivity index (χ3n) is 7.02. The molecule has 1 aliphatic heterocycles. The quantitative estimate of drug-likeness (QED) is 0.721. The molecule has 2 aliphatic rings. The third-order valence-corrected chi connectivity index (χ3v) is 9.65. The van der Waals surface area contributed by atoms with Crippen LogP contribution in [0.5, 0.6) is 0 Å². The van der Waals surface area contributed by atoms with Crippen molar-refractivity contribution in [2.45, 2.75) is 62.0 Å². The summed E-state index contributed by atoms with van der Waals surface area (Å²) in [5.41, 5.74) is 1.53. The molecule has 1 aliphatic carbocycles. The molecule has 8 heteroatoms. The summed E-state index contributed by atoms with van der Waals surface area (Å²) in [7, 11) is -3.85. The lowest BCUT2D eigenvalue weighted by Crippen LogP contribution is -2.54. The molecule has 7 nitrogen and oxygen atoms in total. The van der Waals surface area contributed by atoms with Gasteiger partial charge < -0.3 is 10.2 Å². The van der Waals surface area contributed by atoms with Crippen molar-refractivity contribution in [3.05, 3.63) is 53.7 Å². The summed E-state index contributed by atoms with van der Waals surface area (Å²) in [5, 5.41) is 2.83. The van der Waals surface area contributed by atoms with Gasteiger partial charge in [0, 0.05) is 25.2 Å². The zero-order valence-corrected chi connectivity index (χ0v) is 20.0. The van der Waals surface area contributed by atoms with Gasteiger partial charge in [0.05, 0.1) is 4.90 Å². The standard InChI is InChI=1S/C25H31N3O4S/c1-18-8-9-19(2)21(17-18)33(31,32)25(12-4-5-13-25)24(30)28-15-10-20(11-16-28)23(29)27-22-7-3-6-14-26-22/h3,6-9,14,17,20H,4-5,10-13,15-16H2,1-2H3,(H,26,27,29). The zero-order valence-electron chi connectivity index (χ0n) is 19.2. The maximum Gasteiger partial charge on any atom is 0.244 e. The smallest absolute Gasteiger partial charge is 0.244 e. The Balaban J connectivity index is 1.50. The third kappa shape index (κ3) is 4.40. The Labute approximate surface area is 195 Å². The van der Waals surface area contributed by atoms with Gasteiger partial charge in [-0.3, -0.25) is 9.59 Å². The first-order valence-corrected chi connectivity index (χ1v) is 13.1. The van der Waals surface area contributed by atoms with Crippen molar-refractivity contribution in [1.82, 2.24) is 9.88 Å². The molecule has 0 atom stereocenters. The first kappa shape index (κ1) is 23.4. The van der Waals surface area contributed by atoms with E-state index in [1.807, 2.05) is 13.0 Å². The van der Waals surface area contributed by atoms with Crippen LogP contribution in [0.15, 0.2) is 47.5 Å². The number of amides is 2. The molecule has 1 saturated carbocycles. The monoisotopic (exact) mass is 469 g/mol. The van der Waals surface area contributed by atoms with E-state index in [-0.39, 0.29) is 22.6 Å². The number of carbonyl (C=O) groups excluding carboxylic acids is 2. The van der Waals surface area contributed by atoms with Crippen LogP contribution < -0.4 is 5.32 Å². The van der Waals surface area contributed by atoms with Crippen LogP contribution in [0.4, 0.5) is 5.82 Å². The second kappa shape index (κ2) is 9.25. The van der Waals surface area contributed by atoms with E-state index in [1.54, 1.807) is 48.4 Å². The summed E-state index contributed by atoms with van der Waals surface area (Å²) in [6, 6.07) is 10.7. The molecule has 0 unspecified atom stereocenters. The largest absolute Gasteiger partial charge is 0.341 e. The van der Waals surface area contributed by atoms with E-state index in [4.69, 9.17) is 0 Å². The van der Waals surface area contributed by atoms with Gasteiger partial charge in [0.25, 0.3) is 0 Å². The number of rotatable bonds is 5. The molecule has 1 aromatic heterocycles. The maximum absolute atomic E-state index is 13.9. The first-order chi connectivity index (χ1) is 15.7. The predicted octanol–water partition coefficient (Wildman–Crippen LogP) is 3.66. The van der Waals surface area contributed by atoms with Crippen molar-refractivity contribution in [3.63, 3.8) is 0 Å². The molecule has 2 amide bonds. The summed E-state index contributed by atoms with van der Waals surface area (Å²) in [6.07, 6.45) is 4.77. The summed E-state index contributed by atoms with van der Waals surface area (Å²) in [5.74, 6) is -0.138. The Morgan fingerprint density at radius 3 is 2.39 bits per heavy atom. The van der Waals surface area contributed by atoms with Gasteiger partial charge in [0.15, 0.2) is 14.6 Å². The molecule has 1 saturated heterocycles. The molecule has 2 fully saturated rings. The van der Waals surface area contributed by atoms with Crippen LogP contribution in [0.1, 0.15) is 49.7 Å². The molecule has 0 spiro atoms. The molecule has 0 radical (unpaired) electrons. The number of hydrogen-bond donors (Lipinski definition) is 1. The van der Waals surface area contributed by atoms with Gasteiger partial charge in [0.2, 0.25) is 11.8 Å². The number of nitrogens with zero attached hydrogens (tertiary/aromatic N) is 2. The average molecular weight is 470 g/mol. The van der Waals surface area contributed by atoms with Crippen LogP contribution >= 0.6 is 0 Å². The van der Waals surface area contributed by atoms with E-state index in [9.17, 15) is 18.0 Å². The molecule has 0 bridgehead atoms. The number of aryl methyl sites for hydroxylation is 2. The predicted molar refractivity (Wildman–Crippen MR) is 126 cm³/mol. The zero-order chi connectivity index (χ0) is 23.6. The Bertz CT molecular complexity index is 1130. The van der Waals surface area contributed by atoms with Crippen molar-refractivity contribution in [3.8, 4) is 0 Å². The van der Waals surface area contributed by atoms with Gasteiger partial charge in [-0.25, -0.2) is 13.4 Å². The molecule has 4 rings (SSSR count). The van der Waals surface area contributed by atoms with E-state index in [0.717, 1.165) is 18.4 Å². The van der Waals surface area contributed by atoms with Crippen LogP contribution in [0.25, 0.3) is 0 Å². The Morgan fingerprint density at radius 2 is 1.76 bits per heavy atom. The SMILES string of the molecule is Cc1ccc(C)c(S(=O)(=O)C2(C(=O)N3CCC(C(=O)Nc4ccccn4)CC3)CCCC2)c1. The minimum absolute atomic E-state index is 0.112. The number of hydrogen-bond acceptors (Lipinski definition) is 5. The lowest BCUT2D eigenvalue weighted by atomic mass is 9.94. The number of likely N-dealkylation sites (tertiary alicyclic amines) is 1. The van der Waals surface area contributed by atoms with Gasteiger partial charge >= 0.3 is 0 Å². The van der Waals surface area contributed by atoms with Gasteiger partial charge in [-0.1, -0.05) is 31.0 Å². The number of piperidine rings is 1. The lowest BCUT2D eigenvalue weighted by Gasteiger charge is -2.38. The van der Waals surface area contributed by atoms with E-state index < -0.39 is 14.6 Å². The minimum Gasteiger partial charge on any atom is -0.341 e. The van der Waals surface area contributed by atoms with Crippen molar-refractivity contribution < 1.29 is 18.0 Å². The van der Waals surface area contributed by atoms with Crippen molar-refractivity contribution >= 4 is 27.5 Å². The van der Waals surface area contributed by atoms with Crippen molar-refractivity contribution in [2.75, 3.05) is 18.4 Å². The molecular weight excluding hydrogens is 438 g/mol. The van der Waals surface area contributed by atoms with E-state index >= 15 is 0 Å². The summed E-state index contributed by atoms with van der Waals surface area (Å²) in [6.45, 7) is 4.40. The fourth-order valence-corrected chi connectivity index (χ4v) is 7.49. The first-order valence-electron chi connectivity index (χ1n) is 11.6. The molecule has 33 heavy (non-hydrogen) atoms. The van der Waals surface area contributed by atoms with Gasteiger partial charge in [-0.15, -0.1) is 0 Å². The fraction of sp³-hybridized carbons (Fsp3) is 0.480. The molecule has 176 valence electrons. The normalized spacial score (nSPS) is 18.8. The molecule has 2 aromatic rings. The van der Waals surface area contributed by atoms with Crippen molar-refractivity contribution in [1.29, 1.82) is 0 Å². The summed E-state index contributed by atoms with van der Waals surface area (Å²) < 4.78 is 26.3. The number of anilines is 1. The highest BCUT2D eigenvalue weighted by molar-refractivity contribution is 7.93. The van der Waals surface area contributed by atoms with Crippen LogP contribution in [-0.4, -0.2) is 48.0 Å². The van der Waals surface area contributed by atoms with Crippen LogP contribution in [0.3, 0.4) is 0 Å². The number of pyridine rings is 1. The Kier molecular flexibility index (Phi) is 6.56. The lowest BCUT2D eigenvalue weighted by molar-refractivity contribution is -0.136. The summed E-state index contributed by atoms with van der Waals surface area (Å²) in [4.78, 5) is 32.4. The van der Waals surface area contributed by atoms with E-state index in [0.29, 0.717) is 50.2 Å². The molecule has 2 heterocycles. The number of benzene rings is 1. The Hall–Kier alpha value is -2.74. The topological polar surface area (TPSA) is 96.4 Å². The van der Waals surface area contributed by atoms with E-state index in [1.165, 1.54) is 0 Å². The second-order valence-corrected chi connectivity index (χ2v) is 11.5. The van der Waals surface area contributed by atoms with Crippen LogP contribution in [0, 0.1) is 19.8 Å². The molecule has 1 N–H and O–H groups in total. The highest BCUT2D eigenvalue weighted by Crippen LogP contribution is 2.43. The fourth-order valence-electron chi connectivity index (χ4n) is 5.05. The van der Waals surface area contributed by atoms with Gasteiger partial charge in [-0.05, 0) is 68.9 Å². The molecular formula is C25H31N3O4S. The second-order valence-electron chi connectivity index (χ2n) is 9.24. The maximum atomic E-state index is 13.9. The average Bonchev–Trinajstić information content (AvgIpc) is 3.33. The van der Waals surface area contributed by atoms with Crippen LogP contribution in [-0.2, 0) is 19.4 Å². The Morgan fingerprint density at radius 1 is 1.06 bits per heavy atom. The van der Waals surface area contributed by atoms with Crippen molar-refractivity contribution in [2.24, 2.45) is 5.92 Å². The number of sulfone groups is 1. The minimum atomic E-state index is -3.85. The highest BCUT2D eigenvalue weighted by Gasteiger charge is 2.55. The van der Waals surface area contributed by atoms with Gasteiger partial charge in [0.1, 0.15) is 5.82 Å². The van der Waals surface area contributed by atoms with E-state index in [2.05, 4.69) is 10.3 Å². The summed E-state index contributed by atoms with van der Waals surface area (Å²) >= 11 is 0. The number of nitrogens with one attached hydrogen (secondary N) is 1. The highest BCUT2D eigenvalue weighted by atomic mass is 32.2.